The Morgan fingerprint density at radius 1 is 1.62 bits per heavy atom. The number of quaternary nitrogens is 1. The van der Waals surface area contributed by atoms with E-state index in [4.69, 9.17) is 0 Å². The van der Waals surface area contributed by atoms with Crippen LogP contribution < -0.4 is 17.8 Å². The summed E-state index contributed by atoms with van der Waals surface area (Å²) in [5, 5.41) is 0. The molecule has 0 spiro atoms. The van der Waals surface area contributed by atoms with E-state index in [2.05, 4.69) is 25.9 Å². The molecule has 0 aliphatic heterocycles. The van der Waals surface area contributed by atoms with Crippen molar-refractivity contribution in [2.45, 2.75) is 26.3 Å². The van der Waals surface area contributed by atoms with Crippen LogP contribution in [0.15, 0.2) is 12.7 Å². The molecule has 3 nitrogen and oxygen atoms in total. The van der Waals surface area contributed by atoms with Crippen molar-refractivity contribution in [3.05, 3.63) is 12.7 Å². The average molecular weight is 207 g/mol. The summed E-state index contributed by atoms with van der Waals surface area (Å²) >= 11 is 0. The summed E-state index contributed by atoms with van der Waals surface area (Å²) < 4.78 is 0.501. The normalized spacial score (nSPS) is 12.6. The zero-order valence-corrected chi connectivity index (χ0v) is 9.56. The smallest absolute Gasteiger partial charge is 0.288 e. The van der Waals surface area contributed by atoms with Gasteiger partial charge in [0.1, 0.15) is 6.04 Å². The highest BCUT2D eigenvalue weighted by Crippen LogP contribution is 2.05. The summed E-state index contributed by atoms with van der Waals surface area (Å²) in [6, 6.07) is 0.411. The molecular formula is C9H19ClN2O. The van der Waals surface area contributed by atoms with Crippen molar-refractivity contribution in [3.63, 3.8) is 0 Å². The molecule has 1 atom stereocenters. The number of halogens is 1. The van der Waals surface area contributed by atoms with Crippen LogP contribution >= 0.6 is 0 Å². The van der Waals surface area contributed by atoms with Crippen LogP contribution in [-0.2, 0) is 4.79 Å². The van der Waals surface area contributed by atoms with E-state index in [1.54, 1.807) is 0 Å². The molecule has 1 unspecified atom stereocenters. The fourth-order valence-corrected chi connectivity index (χ4v) is 0.896. The highest BCUT2D eigenvalue weighted by atomic mass is 35.5. The van der Waals surface area contributed by atoms with E-state index in [0.717, 1.165) is 6.42 Å². The summed E-state index contributed by atoms with van der Waals surface area (Å²) in [4.78, 5) is 11.0. The molecule has 4 heteroatoms. The van der Waals surface area contributed by atoms with Gasteiger partial charge in [-0.2, -0.15) is 5.43 Å². The van der Waals surface area contributed by atoms with Gasteiger partial charge in [-0.25, -0.2) is 4.59 Å². The maximum Gasteiger partial charge on any atom is 0.288 e. The highest BCUT2D eigenvalue weighted by Gasteiger charge is 2.23. The minimum Gasteiger partial charge on any atom is -1.00 e. The monoisotopic (exact) mass is 206 g/mol. The van der Waals surface area contributed by atoms with Gasteiger partial charge in [-0.1, -0.05) is 13.5 Å². The van der Waals surface area contributed by atoms with Gasteiger partial charge >= 0.3 is 0 Å². The third-order valence-electron chi connectivity index (χ3n) is 2.28. The summed E-state index contributed by atoms with van der Waals surface area (Å²) in [6.07, 6.45) is 2.33. The topological polar surface area (TPSA) is 29.1 Å². The van der Waals surface area contributed by atoms with Crippen molar-refractivity contribution in [1.82, 2.24) is 5.43 Å². The van der Waals surface area contributed by atoms with E-state index >= 15 is 0 Å². The van der Waals surface area contributed by atoms with E-state index in [-0.39, 0.29) is 18.3 Å². The first-order valence-electron chi connectivity index (χ1n) is 4.22. The first kappa shape index (κ1) is 15.0. The number of hydrogen-bond donors (Lipinski definition) is 1. The van der Waals surface area contributed by atoms with E-state index in [1.165, 1.54) is 6.08 Å². The first-order chi connectivity index (χ1) is 5.44. The van der Waals surface area contributed by atoms with Crippen molar-refractivity contribution < 1.29 is 21.8 Å². The number of hydrogen-bond acceptors (Lipinski definition) is 1. The fraction of sp³-hybridized carbons (Fsp3) is 0.667. The highest BCUT2D eigenvalue weighted by molar-refractivity contribution is 5.85. The Morgan fingerprint density at radius 2 is 2.08 bits per heavy atom. The van der Waals surface area contributed by atoms with Crippen molar-refractivity contribution >= 4 is 5.91 Å². The molecule has 1 amide bonds. The lowest BCUT2D eigenvalue weighted by Gasteiger charge is -2.34. The molecule has 0 saturated carbocycles. The van der Waals surface area contributed by atoms with Gasteiger partial charge < -0.3 is 12.4 Å². The fourth-order valence-electron chi connectivity index (χ4n) is 0.896. The lowest BCUT2D eigenvalue weighted by molar-refractivity contribution is -0.946. The molecule has 0 aliphatic carbocycles. The van der Waals surface area contributed by atoms with Crippen LogP contribution in [0.3, 0.4) is 0 Å². The van der Waals surface area contributed by atoms with Crippen molar-refractivity contribution in [2.24, 2.45) is 0 Å². The van der Waals surface area contributed by atoms with Gasteiger partial charge in [0.2, 0.25) is 0 Å². The van der Waals surface area contributed by atoms with Gasteiger partial charge in [-0.15, -0.1) is 0 Å². The molecule has 1 N–H and O–H groups in total. The predicted octanol–water partition coefficient (Wildman–Crippen LogP) is -1.92. The summed E-state index contributed by atoms with van der Waals surface area (Å²) in [5.41, 5.74) is 2.84. The van der Waals surface area contributed by atoms with Gasteiger partial charge in [-0.3, -0.25) is 4.79 Å². The molecule has 0 rings (SSSR count). The van der Waals surface area contributed by atoms with Gasteiger partial charge in [0.15, 0.2) is 0 Å². The molecule has 0 aromatic heterocycles. The van der Waals surface area contributed by atoms with E-state index in [9.17, 15) is 4.79 Å². The van der Waals surface area contributed by atoms with Crippen molar-refractivity contribution in [2.75, 3.05) is 14.1 Å². The number of rotatable bonds is 4. The number of nitrogens with zero attached hydrogens (tertiary/aromatic N) is 1. The number of nitrogens with one attached hydrogen (secondary N) is 1. The average Bonchev–Trinajstić information content (AvgIpc) is 2.02. The summed E-state index contributed by atoms with van der Waals surface area (Å²) in [7, 11) is 3.94. The molecule has 0 aromatic rings. The lowest BCUT2D eigenvalue weighted by Crippen LogP contribution is -3.00. The minimum absolute atomic E-state index is 0. The van der Waals surface area contributed by atoms with E-state index in [1.807, 2.05) is 14.1 Å². The molecule has 0 radical (unpaired) electrons. The zero-order valence-electron chi connectivity index (χ0n) is 8.80. The summed E-state index contributed by atoms with van der Waals surface area (Å²) in [5.74, 6) is -0.125. The van der Waals surface area contributed by atoms with Crippen molar-refractivity contribution in [3.8, 4) is 0 Å². The number of amides is 1. The van der Waals surface area contributed by atoms with Gasteiger partial charge in [-0.05, 0) is 13.3 Å². The zero-order chi connectivity index (χ0) is 9.78. The molecule has 0 saturated heterocycles. The number of carbonyl (C=O) groups is 1. The Hall–Kier alpha value is -0.540. The maximum atomic E-state index is 11.0. The second-order valence-electron chi connectivity index (χ2n) is 3.48. The Morgan fingerprint density at radius 3 is 2.38 bits per heavy atom. The molecule has 0 aromatic carbocycles. The number of carbonyl (C=O) groups excluding carboxylic acids is 1. The molecular weight excluding hydrogens is 188 g/mol. The third-order valence-corrected chi connectivity index (χ3v) is 2.28. The van der Waals surface area contributed by atoms with E-state index in [0.29, 0.717) is 10.6 Å². The first-order valence-corrected chi connectivity index (χ1v) is 4.22. The molecule has 13 heavy (non-hydrogen) atoms. The summed E-state index contributed by atoms with van der Waals surface area (Å²) in [6.45, 7) is 7.61. The maximum absolute atomic E-state index is 11.0. The predicted molar refractivity (Wildman–Crippen MR) is 50.2 cm³/mol. The molecule has 0 bridgehead atoms. The Labute approximate surface area is 86.8 Å². The Balaban J connectivity index is 0. The van der Waals surface area contributed by atoms with Crippen LogP contribution in [0.2, 0.25) is 0 Å². The van der Waals surface area contributed by atoms with Crippen LogP contribution in [0.5, 0.6) is 0 Å². The van der Waals surface area contributed by atoms with Gasteiger partial charge in [0.25, 0.3) is 5.91 Å². The lowest BCUT2D eigenvalue weighted by atomic mass is 10.2. The minimum atomic E-state index is -0.125. The van der Waals surface area contributed by atoms with Crippen LogP contribution in [-0.4, -0.2) is 30.6 Å². The Bertz CT molecular complexity index is 180. The SMILES string of the molecule is C=CC(=O)N[N+](C)(C)C(C)CC.[Cl-]. The quantitative estimate of drug-likeness (QED) is 0.325. The Kier molecular flexibility index (Phi) is 6.90. The second kappa shape index (κ2) is 6.00. The van der Waals surface area contributed by atoms with Gasteiger partial charge in [0.05, 0.1) is 14.1 Å². The molecule has 0 fully saturated rings. The van der Waals surface area contributed by atoms with E-state index < -0.39 is 0 Å². The van der Waals surface area contributed by atoms with Crippen LogP contribution in [0.25, 0.3) is 0 Å². The molecule has 0 aliphatic rings. The van der Waals surface area contributed by atoms with Crippen LogP contribution in [0.4, 0.5) is 0 Å². The van der Waals surface area contributed by atoms with Crippen molar-refractivity contribution in [1.29, 1.82) is 0 Å². The van der Waals surface area contributed by atoms with Gasteiger partial charge in [0, 0.05) is 6.08 Å². The standard InChI is InChI=1S/C9H18N2O.ClH/c1-6-8(3)11(4,5)10-9(12)7-2;/h7-8H,2,6H2,1,3-5H3;1H. The second-order valence-corrected chi connectivity index (χ2v) is 3.48. The largest absolute Gasteiger partial charge is 1.00 e. The molecule has 0 heterocycles. The van der Waals surface area contributed by atoms with Crippen LogP contribution in [0.1, 0.15) is 20.3 Å². The molecule has 78 valence electrons. The van der Waals surface area contributed by atoms with Crippen LogP contribution in [0, 0.1) is 0 Å². The third kappa shape index (κ3) is 4.90.